The van der Waals surface area contributed by atoms with Crippen LogP contribution in [0.1, 0.15) is 45.4 Å². The summed E-state index contributed by atoms with van der Waals surface area (Å²) in [5, 5.41) is 9.54. The maximum absolute atomic E-state index is 9.54. The minimum absolute atomic E-state index is 0.363. The van der Waals surface area contributed by atoms with Crippen molar-refractivity contribution >= 4 is 5.69 Å². The Morgan fingerprint density at radius 2 is 1.67 bits per heavy atom. The van der Waals surface area contributed by atoms with E-state index in [-0.39, 0.29) is 0 Å². The summed E-state index contributed by atoms with van der Waals surface area (Å²) in [6, 6.07) is 7.62. The summed E-state index contributed by atoms with van der Waals surface area (Å²) in [6.45, 7) is 3.39. The summed E-state index contributed by atoms with van der Waals surface area (Å²) in [6.07, 6.45) is 7.98. The van der Waals surface area contributed by atoms with Crippen molar-refractivity contribution < 1.29 is 5.11 Å². The first-order valence-electron chi connectivity index (χ1n) is 7.19. The molecule has 2 nitrogen and oxygen atoms in total. The summed E-state index contributed by atoms with van der Waals surface area (Å²) >= 11 is 0. The number of hydrogen-bond acceptors (Lipinski definition) is 1. The maximum Gasteiger partial charge on any atom is 0.136 e. The number of quaternary nitrogens is 1. The Morgan fingerprint density at radius 1 is 1.00 bits per heavy atom. The van der Waals surface area contributed by atoms with Gasteiger partial charge in [-0.05, 0) is 25.0 Å². The summed E-state index contributed by atoms with van der Waals surface area (Å²) in [5.41, 5.74) is 1.18. The molecule has 1 rings (SSSR count). The molecular weight excluding hydrogens is 222 g/mol. The first-order chi connectivity index (χ1) is 8.56. The Labute approximate surface area is 112 Å². The molecule has 0 amide bonds. The fourth-order valence-electron chi connectivity index (χ4n) is 2.29. The molecule has 0 heterocycles. The average Bonchev–Trinajstić information content (AvgIpc) is 2.33. The molecule has 1 aromatic carbocycles. The van der Waals surface area contributed by atoms with Crippen LogP contribution in [0.3, 0.4) is 0 Å². The number of unbranched alkanes of at least 4 members (excludes halogenated alkanes) is 5. The lowest BCUT2D eigenvalue weighted by Crippen LogP contribution is -2.41. The molecule has 0 aromatic heterocycles. The lowest BCUT2D eigenvalue weighted by Gasteiger charge is -2.29. The molecule has 0 aliphatic heterocycles. The van der Waals surface area contributed by atoms with E-state index in [0.717, 1.165) is 11.0 Å². The predicted octanol–water partition coefficient (Wildman–Crippen LogP) is 4.32. The highest BCUT2D eigenvalue weighted by atomic mass is 16.3. The second-order valence-electron chi connectivity index (χ2n) is 5.70. The molecule has 0 radical (unpaired) electrons. The normalized spacial score (nSPS) is 11.7. The quantitative estimate of drug-likeness (QED) is 0.538. The van der Waals surface area contributed by atoms with Gasteiger partial charge in [-0.2, -0.15) is 0 Å². The number of benzene rings is 1. The lowest BCUT2D eigenvalue weighted by atomic mass is 10.1. The van der Waals surface area contributed by atoms with Crippen LogP contribution >= 0.6 is 0 Å². The summed E-state index contributed by atoms with van der Waals surface area (Å²) < 4.78 is 0.849. The molecule has 1 aromatic rings. The van der Waals surface area contributed by atoms with Crippen molar-refractivity contribution in [2.24, 2.45) is 0 Å². The zero-order chi connectivity index (χ0) is 13.4. The second-order valence-corrected chi connectivity index (χ2v) is 5.70. The highest BCUT2D eigenvalue weighted by molar-refractivity contribution is 5.46. The third-order valence-corrected chi connectivity index (χ3v) is 3.60. The Morgan fingerprint density at radius 3 is 2.33 bits per heavy atom. The van der Waals surface area contributed by atoms with Gasteiger partial charge >= 0.3 is 0 Å². The highest BCUT2D eigenvalue weighted by Gasteiger charge is 2.18. The number of phenols is 1. The van der Waals surface area contributed by atoms with E-state index in [1.54, 1.807) is 6.07 Å². The molecule has 0 atom stereocenters. The summed E-state index contributed by atoms with van der Waals surface area (Å²) in [5.74, 6) is 0.363. The predicted molar refractivity (Wildman–Crippen MR) is 80.0 cm³/mol. The van der Waals surface area contributed by atoms with E-state index in [2.05, 4.69) is 27.1 Å². The van der Waals surface area contributed by atoms with Gasteiger partial charge in [0.15, 0.2) is 0 Å². The van der Waals surface area contributed by atoms with Gasteiger partial charge in [0.1, 0.15) is 11.4 Å². The maximum atomic E-state index is 9.54. The fourth-order valence-corrected chi connectivity index (χ4v) is 2.29. The Bertz CT molecular complexity index is 347. The van der Waals surface area contributed by atoms with E-state index in [9.17, 15) is 5.11 Å². The molecule has 1 N–H and O–H groups in total. The van der Waals surface area contributed by atoms with Crippen LogP contribution in [0.4, 0.5) is 5.69 Å². The van der Waals surface area contributed by atoms with Crippen LogP contribution < -0.4 is 4.48 Å². The molecule has 0 spiro atoms. The average molecular weight is 250 g/mol. The van der Waals surface area contributed by atoms with Gasteiger partial charge in [-0.25, -0.2) is 0 Å². The molecule has 102 valence electrons. The summed E-state index contributed by atoms with van der Waals surface area (Å²) in [4.78, 5) is 0. The van der Waals surface area contributed by atoms with Gasteiger partial charge in [-0.3, -0.25) is 4.48 Å². The molecule has 0 aliphatic rings. The van der Waals surface area contributed by atoms with E-state index >= 15 is 0 Å². The van der Waals surface area contributed by atoms with Crippen molar-refractivity contribution in [3.63, 3.8) is 0 Å². The molecular formula is C16H28NO+. The lowest BCUT2D eigenvalue weighted by molar-refractivity contribution is 0.378. The zero-order valence-corrected chi connectivity index (χ0v) is 12.2. The van der Waals surface area contributed by atoms with Crippen LogP contribution in [0.15, 0.2) is 24.3 Å². The number of hydrogen-bond donors (Lipinski definition) is 1. The van der Waals surface area contributed by atoms with Crippen molar-refractivity contribution in [1.29, 1.82) is 0 Å². The largest absolute Gasteiger partial charge is 0.508 e. The monoisotopic (exact) mass is 250 g/mol. The van der Waals surface area contributed by atoms with Crippen LogP contribution in [0, 0.1) is 0 Å². The van der Waals surface area contributed by atoms with Gasteiger partial charge in [0.25, 0.3) is 0 Å². The Balaban J connectivity index is 2.35. The van der Waals surface area contributed by atoms with Gasteiger partial charge in [-0.1, -0.05) is 38.7 Å². The van der Waals surface area contributed by atoms with Crippen molar-refractivity contribution in [3.8, 4) is 5.75 Å². The summed E-state index contributed by atoms with van der Waals surface area (Å²) in [7, 11) is 4.42. The van der Waals surface area contributed by atoms with Crippen LogP contribution in [0.25, 0.3) is 0 Å². The molecule has 0 saturated heterocycles. The molecule has 18 heavy (non-hydrogen) atoms. The molecule has 0 unspecified atom stereocenters. The Kier molecular flexibility index (Phi) is 6.20. The highest BCUT2D eigenvalue weighted by Crippen LogP contribution is 2.24. The number of rotatable bonds is 8. The van der Waals surface area contributed by atoms with E-state index in [1.165, 1.54) is 44.2 Å². The topological polar surface area (TPSA) is 20.2 Å². The zero-order valence-electron chi connectivity index (χ0n) is 12.2. The second kappa shape index (κ2) is 7.42. The van der Waals surface area contributed by atoms with Crippen LogP contribution in [-0.4, -0.2) is 25.7 Å². The first-order valence-corrected chi connectivity index (χ1v) is 7.19. The van der Waals surface area contributed by atoms with Gasteiger partial charge in [0.2, 0.25) is 0 Å². The van der Waals surface area contributed by atoms with Gasteiger partial charge in [0, 0.05) is 6.07 Å². The molecule has 0 aliphatic carbocycles. The number of nitrogens with zero attached hydrogens (tertiary/aromatic N) is 1. The molecule has 0 fully saturated rings. The van der Waals surface area contributed by atoms with Gasteiger partial charge in [0.05, 0.1) is 20.6 Å². The van der Waals surface area contributed by atoms with Crippen molar-refractivity contribution in [3.05, 3.63) is 24.3 Å². The first kappa shape index (κ1) is 15.0. The number of aromatic hydroxyl groups is 1. The van der Waals surface area contributed by atoms with Crippen molar-refractivity contribution in [2.75, 3.05) is 20.6 Å². The van der Waals surface area contributed by atoms with Gasteiger partial charge in [-0.15, -0.1) is 0 Å². The third kappa shape index (κ3) is 5.09. The smallest absolute Gasteiger partial charge is 0.136 e. The minimum Gasteiger partial charge on any atom is -0.508 e. The van der Waals surface area contributed by atoms with Crippen LogP contribution in [0.5, 0.6) is 5.75 Å². The van der Waals surface area contributed by atoms with Crippen LogP contribution in [0.2, 0.25) is 0 Å². The molecule has 2 heteroatoms. The van der Waals surface area contributed by atoms with Gasteiger partial charge < -0.3 is 5.11 Å². The number of phenolic OH excluding ortho intramolecular Hbond substituents is 1. The standard InChI is InChI=1S/C16H27NO/c1-4-5-6-7-8-9-13-17(2,3)15-11-10-12-16(18)14-15/h10-12,14H,4-9,13H2,1-3H3/p+1. The van der Waals surface area contributed by atoms with Crippen molar-refractivity contribution in [2.45, 2.75) is 45.4 Å². The minimum atomic E-state index is 0.363. The Hall–Kier alpha value is -1.02. The SMILES string of the molecule is CCCCCCCC[N+](C)(C)c1cccc(O)c1. The molecule has 0 saturated carbocycles. The van der Waals surface area contributed by atoms with E-state index in [4.69, 9.17) is 0 Å². The van der Waals surface area contributed by atoms with Crippen LogP contribution in [-0.2, 0) is 0 Å². The van der Waals surface area contributed by atoms with Crippen molar-refractivity contribution in [1.82, 2.24) is 4.48 Å². The van der Waals surface area contributed by atoms with E-state index < -0.39 is 0 Å². The molecule has 0 bridgehead atoms. The van der Waals surface area contributed by atoms with E-state index in [1.807, 2.05) is 12.1 Å². The fraction of sp³-hybridized carbons (Fsp3) is 0.625. The third-order valence-electron chi connectivity index (χ3n) is 3.60. The van der Waals surface area contributed by atoms with E-state index in [0.29, 0.717) is 5.75 Å².